The van der Waals surface area contributed by atoms with Gasteiger partial charge in [0, 0.05) is 19.1 Å². The molecule has 1 aromatic rings. The molecule has 1 aliphatic carbocycles. The van der Waals surface area contributed by atoms with Crippen LogP contribution in [0.1, 0.15) is 30.0 Å². The minimum Gasteiger partial charge on any atom is -0.481 e. The van der Waals surface area contributed by atoms with Crippen LogP contribution in [-0.4, -0.2) is 41.0 Å². The van der Waals surface area contributed by atoms with E-state index in [1.807, 2.05) is 11.0 Å². The first-order valence-corrected chi connectivity index (χ1v) is 7.10. The standard InChI is InChI=1S/C15H17FN2O3/c16-11-3-1-2-10-9(11)4-5-12(10)18-7-6-17-15(21)13(18)8-14(19)20/h1-3,12-13H,4-8H2,(H,17,21)(H,19,20). The topological polar surface area (TPSA) is 69.6 Å². The molecule has 6 heteroatoms. The number of aliphatic carboxylic acids is 1. The Hall–Kier alpha value is -1.95. The van der Waals surface area contributed by atoms with E-state index < -0.39 is 12.0 Å². The van der Waals surface area contributed by atoms with Crippen molar-refractivity contribution in [3.05, 3.63) is 35.1 Å². The zero-order chi connectivity index (χ0) is 15.0. The number of fused-ring (bicyclic) bond motifs is 1. The van der Waals surface area contributed by atoms with E-state index in [1.54, 1.807) is 6.07 Å². The number of hydrogen-bond donors (Lipinski definition) is 2. The van der Waals surface area contributed by atoms with Gasteiger partial charge >= 0.3 is 5.97 Å². The maximum atomic E-state index is 13.8. The van der Waals surface area contributed by atoms with Crippen LogP contribution in [-0.2, 0) is 16.0 Å². The summed E-state index contributed by atoms with van der Waals surface area (Å²) in [4.78, 5) is 24.9. The lowest BCUT2D eigenvalue weighted by Crippen LogP contribution is -2.56. The van der Waals surface area contributed by atoms with Gasteiger partial charge in [0.2, 0.25) is 5.91 Å². The predicted octanol–water partition coefficient (Wildman–Crippen LogP) is 1.09. The average molecular weight is 292 g/mol. The molecule has 1 aliphatic heterocycles. The third-order valence-corrected chi connectivity index (χ3v) is 4.32. The van der Waals surface area contributed by atoms with Crippen LogP contribution in [0.2, 0.25) is 0 Å². The fourth-order valence-corrected chi connectivity index (χ4v) is 3.41. The van der Waals surface area contributed by atoms with Crippen molar-refractivity contribution in [2.24, 2.45) is 0 Å². The smallest absolute Gasteiger partial charge is 0.305 e. The average Bonchev–Trinajstić information content (AvgIpc) is 2.86. The Balaban J connectivity index is 1.91. The number of nitrogens with zero attached hydrogens (tertiary/aromatic N) is 1. The van der Waals surface area contributed by atoms with E-state index in [4.69, 9.17) is 5.11 Å². The van der Waals surface area contributed by atoms with Crippen molar-refractivity contribution in [1.82, 2.24) is 10.2 Å². The fraction of sp³-hybridized carbons (Fsp3) is 0.467. The van der Waals surface area contributed by atoms with Gasteiger partial charge in [0.05, 0.1) is 6.42 Å². The van der Waals surface area contributed by atoms with Gasteiger partial charge < -0.3 is 10.4 Å². The highest BCUT2D eigenvalue weighted by molar-refractivity contribution is 5.86. The van der Waals surface area contributed by atoms with Crippen LogP contribution in [0.3, 0.4) is 0 Å². The molecular weight excluding hydrogens is 275 g/mol. The highest BCUT2D eigenvalue weighted by Gasteiger charge is 2.39. The predicted molar refractivity (Wildman–Crippen MR) is 73.2 cm³/mol. The Kier molecular flexibility index (Phi) is 3.63. The Morgan fingerprint density at radius 2 is 2.29 bits per heavy atom. The van der Waals surface area contributed by atoms with Crippen LogP contribution >= 0.6 is 0 Å². The summed E-state index contributed by atoms with van der Waals surface area (Å²) in [6.45, 7) is 1.08. The maximum Gasteiger partial charge on any atom is 0.305 e. The summed E-state index contributed by atoms with van der Waals surface area (Å²) in [6.07, 6.45) is 1.12. The van der Waals surface area contributed by atoms with Gasteiger partial charge in [-0.25, -0.2) is 4.39 Å². The molecule has 1 amide bonds. The van der Waals surface area contributed by atoms with Gasteiger partial charge in [-0.15, -0.1) is 0 Å². The molecule has 1 heterocycles. The second-order valence-corrected chi connectivity index (χ2v) is 5.50. The van der Waals surface area contributed by atoms with Crippen molar-refractivity contribution >= 4 is 11.9 Å². The number of amides is 1. The van der Waals surface area contributed by atoms with Crippen molar-refractivity contribution in [2.75, 3.05) is 13.1 Å². The molecule has 0 spiro atoms. The lowest BCUT2D eigenvalue weighted by molar-refractivity contribution is -0.144. The zero-order valence-corrected chi connectivity index (χ0v) is 11.5. The van der Waals surface area contributed by atoms with Crippen LogP contribution < -0.4 is 5.32 Å². The highest BCUT2D eigenvalue weighted by atomic mass is 19.1. The second kappa shape index (κ2) is 5.44. The number of halogens is 1. The SMILES string of the molecule is O=C(O)CC1C(=O)NCCN1C1CCc2c(F)cccc21. The molecular formula is C15H17FN2O3. The number of benzene rings is 1. The number of rotatable bonds is 3. The van der Waals surface area contributed by atoms with Gasteiger partial charge in [0.1, 0.15) is 11.9 Å². The molecule has 1 aromatic carbocycles. The van der Waals surface area contributed by atoms with Gasteiger partial charge in [0.15, 0.2) is 0 Å². The van der Waals surface area contributed by atoms with Crippen molar-refractivity contribution < 1.29 is 19.1 Å². The van der Waals surface area contributed by atoms with E-state index in [2.05, 4.69) is 5.32 Å². The minimum absolute atomic E-state index is 0.0777. The van der Waals surface area contributed by atoms with Crippen LogP contribution in [0.15, 0.2) is 18.2 Å². The maximum absolute atomic E-state index is 13.8. The molecule has 2 aliphatic rings. The molecule has 5 nitrogen and oxygen atoms in total. The molecule has 2 unspecified atom stereocenters. The van der Waals surface area contributed by atoms with Crippen molar-refractivity contribution in [3.63, 3.8) is 0 Å². The fourth-order valence-electron chi connectivity index (χ4n) is 3.41. The largest absolute Gasteiger partial charge is 0.481 e. The second-order valence-electron chi connectivity index (χ2n) is 5.50. The third kappa shape index (κ3) is 2.51. The van der Waals surface area contributed by atoms with E-state index in [1.165, 1.54) is 6.07 Å². The molecule has 0 aromatic heterocycles. The van der Waals surface area contributed by atoms with Crippen molar-refractivity contribution in [3.8, 4) is 0 Å². The zero-order valence-electron chi connectivity index (χ0n) is 11.5. The summed E-state index contributed by atoms with van der Waals surface area (Å²) in [5, 5.41) is 11.7. The Morgan fingerprint density at radius 3 is 3.05 bits per heavy atom. The van der Waals surface area contributed by atoms with E-state index in [0.717, 1.165) is 12.0 Å². The minimum atomic E-state index is -1.00. The van der Waals surface area contributed by atoms with Crippen LogP contribution in [0.5, 0.6) is 0 Å². The van der Waals surface area contributed by atoms with Crippen molar-refractivity contribution in [1.29, 1.82) is 0 Å². The van der Waals surface area contributed by atoms with Gasteiger partial charge in [-0.05, 0) is 30.0 Å². The van der Waals surface area contributed by atoms with Crippen molar-refractivity contribution in [2.45, 2.75) is 31.3 Å². The third-order valence-electron chi connectivity index (χ3n) is 4.32. The molecule has 21 heavy (non-hydrogen) atoms. The van der Waals surface area contributed by atoms with Crippen LogP contribution in [0, 0.1) is 5.82 Å². The number of carboxylic acids is 1. The van der Waals surface area contributed by atoms with E-state index in [-0.39, 0.29) is 24.2 Å². The molecule has 1 fully saturated rings. The Labute approximate surface area is 121 Å². The van der Waals surface area contributed by atoms with E-state index in [0.29, 0.717) is 25.1 Å². The highest BCUT2D eigenvalue weighted by Crippen LogP contribution is 2.38. The molecule has 0 bridgehead atoms. The molecule has 2 N–H and O–H groups in total. The molecule has 112 valence electrons. The molecule has 1 saturated heterocycles. The van der Waals surface area contributed by atoms with Gasteiger partial charge in [0.25, 0.3) is 0 Å². The number of hydrogen-bond acceptors (Lipinski definition) is 3. The molecule has 0 radical (unpaired) electrons. The first-order chi connectivity index (χ1) is 10.1. The molecule has 3 rings (SSSR count). The first-order valence-electron chi connectivity index (χ1n) is 7.10. The number of carboxylic acid groups (broad SMARTS) is 1. The van der Waals surface area contributed by atoms with Gasteiger partial charge in [-0.1, -0.05) is 12.1 Å². The molecule has 0 saturated carbocycles. The van der Waals surface area contributed by atoms with E-state index in [9.17, 15) is 14.0 Å². The monoisotopic (exact) mass is 292 g/mol. The summed E-state index contributed by atoms with van der Waals surface area (Å²) in [5.74, 6) is -1.47. The quantitative estimate of drug-likeness (QED) is 0.875. The summed E-state index contributed by atoms with van der Waals surface area (Å²) >= 11 is 0. The summed E-state index contributed by atoms with van der Waals surface area (Å²) in [5.41, 5.74) is 1.59. The summed E-state index contributed by atoms with van der Waals surface area (Å²) in [6, 6.07) is 4.23. The number of carbonyl (C=O) groups excluding carboxylic acids is 1. The lowest BCUT2D eigenvalue weighted by atomic mass is 10.0. The Morgan fingerprint density at radius 1 is 1.48 bits per heavy atom. The number of carbonyl (C=O) groups is 2. The first kappa shape index (κ1) is 14.0. The number of nitrogens with one attached hydrogen (secondary N) is 1. The lowest BCUT2D eigenvalue weighted by Gasteiger charge is -2.38. The van der Waals surface area contributed by atoms with Gasteiger partial charge in [-0.2, -0.15) is 0 Å². The summed E-state index contributed by atoms with van der Waals surface area (Å²) < 4.78 is 13.8. The molecule has 2 atom stereocenters. The normalized spacial score (nSPS) is 25.5. The van der Waals surface area contributed by atoms with Crippen LogP contribution in [0.4, 0.5) is 4.39 Å². The van der Waals surface area contributed by atoms with Gasteiger partial charge in [-0.3, -0.25) is 14.5 Å². The number of piperazine rings is 1. The van der Waals surface area contributed by atoms with E-state index >= 15 is 0 Å². The summed E-state index contributed by atoms with van der Waals surface area (Å²) in [7, 11) is 0. The Bertz CT molecular complexity index is 590. The van der Waals surface area contributed by atoms with Crippen LogP contribution in [0.25, 0.3) is 0 Å².